The van der Waals surface area contributed by atoms with E-state index < -0.39 is 0 Å². The first kappa shape index (κ1) is 15.1. The van der Waals surface area contributed by atoms with Crippen LogP contribution in [0.5, 0.6) is 5.75 Å². The third-order valence-corrected chi connectivity index (χ3v) is 3.15. The third kappa shape index (κ3) is 3.08. The molecule has 2 nitrogen and oxygen atoms in total. The summed E-state index contributed by atoms with van der Waals surface area (Å²) in [7, 11) is 0. The molecular formula is C15H22O2S. The fourth-order valence-electron chi connectivity index (χ4n) is 2.20. The molecule has 18 heavy (non-hydrogen) atoms. The van der Waals surface area contributed by atoms with Crippen molar-refractivity contribution in [2.75, 3.05) is 0 Å². The van der Waals surface area contributed by atoms with Gasteiger partial charge in [0.2, 0.25) is 5.12 Å². The Morgan fingerprint density at radius 2 is 1.56 bits per heavy atom. The van der Waals surface area contributed by atoms with Crippen molar-refractivity contribution < 1.29 is 9.90 Å². The highest BCUT2D eigenvalue weighted by Gasteiger charge is 2.29. The predicted octanol–water partition coefficient (Wildman–Crippen LogP) is 4.06. The summed E-state index contributed by atoms with van der Waals surface area (Å²) in [5.41, 5.74) is 2.14. The Bertz CT molecular complexity index is 476. The van der Waals surface area contributed by atoms with Crippen LogP contribution in [0.2, 0.25) is 0 Å². The fourth-order valence-corrected chi connectivity index (χ4v) is 2.37. The van der Waals surface area contributed by atoms with Gasteiger partial charge in [-0.05, 0) is 34.1 Å². The van der Waals surface area contributed by atoms with E-state index in [1.54, 1.807) is 6.07 Å². The molecule has 0 bridgehead atoms. The highest BCUT2D eigenvalue weighted by molar-refractivity contribution is 7.97. The molecule has 0 saturated carbocycles. The topological polar surface area (TPSA) is 37.3 Å². The number of benzene rings is 1. The lowest BCUT2D eigenvalue weighted by atomic mass is 9.73. The number of phenolic OH excluding ortho intramolecular Hbond substituents is 1. The zero-order valence-electron chi connectivity index (χ0n) is 12.0. The molecule has 0 aliphatic heterocycles. The number of carbonyl (C=O) groups excluding carboxylic acids is 1. The van der Waals surface area contributed by atoms with Crippen LogP contribution in [0.1, 0.15) is 63.0 Å². The van der Waals surface area contributed by atoms with Gasteiger partial charge in [0.25, 0.3) is 0 Å². The molecule has 0 unspecified atom stereocenters. The van der Waals surface area contributed by atoms with Crippen LogP contribution in [0.3, 0.4) is 0 Å². The van der Waals surface area contributed by atoms with Crippen molar-refractivity contribution in [3.63, 3.8) is 0 Å². The van der Waals surface area contributed by atoms with Crippen molar-refractivity contribution >= 4 is 17.7 Å². The molecule has 0 saturated heterocycles. The maximum atomic E-state index is 11.7. The van der Waals surface area contributed by atoms with E-state index in [-0.39, 0.29) is 21.7 Å². The minimum atomic E-state index is -0.304. The van der Waals surface area contributed by atoms with Gasteiger partial charge in [0.15, 0.2) is 0 Å². The quantitative estimate of drug-likeness (QED) is 0.752. The van der Waals surface area contributed by atoms with Crippen molar-refractivity contribution in [3.8, 4) is 5.75 Å². The van der Waals surface area contributed by atoms with Gasteiger partial charge >= 0.3 is 0 Å². The Labute approximate surface area is 115 Å². The number of phenols is 1. The van der Waals surface area contributed by atoms with Crippen LogP contribution in [0.4, 0.5) is 0 Å². The second kappa shape index (κ2) is 4.61. The lowest BCUT2D eigenvalue weighted by Crippen LogP contribution is -2.24. The first-order chi connectivity index (χ1) is 7.94. The van der Waals surface area contributed by atoms with E-state index in [1.807, 2.05) is 0 Å². The molecular weight excluding hydrogens is 244 g/mol. The summed E-state index contributed by atoms with van der Waals surface area (Å²) in [6.45, 7) is 12.4. The summed E-state index contributed by atoms with van der Waals surface area (Å²) in [5, 5.41) is 9.51. The molecule has 0 radical (unpaired) electrons. The van der Waals surface area contributed by atoms with E-state index in [0.717, 1.165) is 11.1 Å². The largest absolute Gasteiger partial charge is 0.508 e. The molecule has 0 aliphatic carbocycles. The Morgan fingerprint density at radius 3 is 1.89 bits per heavy atom. The Balaban J connectivity index is 3.76. The maximum Gasteiger partial charge on any atom is 0.216 e. The van der Waals surface area contributed by atoms with Gasteiger partial charge in [-0.3, -0.25) is 4.79 Å². The van der Waals surface area contributed by atoms with E-state index in [2.05, 4.69) is 54.2 Å². The van der Waals surface area contributed by atoms with Gasteiger partial charge in [0.05, 0.1) is 0 Å². The van der Waals surface area contributed by atoms with E-state index >= 15 is 0 Å². The van der Waals surface area contributed by atoms with E-state index in [0.29, 0.717) is 5.56 Å². The zero-order valence-corrected chi connectivity index (χ0v) is 12.9. The summed E-state index contributed by atoms with van der Waals surface area (Å²) in [6.07, 6.45) is 0. The van der Waals surface area contributed by atoms with Crippen molar-refractivity contribution in [3.05, 3.63) is 28.8 Å². The van der Waals surface area contributed by atoms with E-state index in [9.17, 15) is 9.90 Å². The van der Waals surface area contributed by atoms with E-state index in [1.165, 1.54) is 6.07 Å². The number of carbonyl (C=O) groups is 1. The molecule has 0 atom stereocenters. The van der Waals surface area contributed by atoms with Crippen LogP contribution in [0.25, 0.3) is 0 Å². The van der Waals surface area contributed by atoms with Crippen molar-refractivity contribution in [1.82, 2.24) is 0 Å². The molecule has 1 aromatic rings. The van der Waals surface area contributed by atoms with Crippen molar-refractivity contribution in [2.45, 2.75) is 52.4 Å². The van der Waals surface area contributed by atoms with Gasteiger partial charge in [0, 0.05) is 5.56 Å². The lowest BCUT2D eigenvalue weighted by Gasteiger charge is -2.31. The summed E-state index contributed by atoms with van der Waals surface area (Å²) in [5.74, 6) is 0.116. The molecule has 0 amide bonds. The first-order valence-electron chi connectivity index (χ1n) is 6.06. The minimum absolute atomic E-state index is 0.116. The van der Waals surface area contributed by atoms with Gasteiger partial charge in [-0.25, -0.2) is 0 Å². The summed E-state index contributed by atoms with van der Waals surface area (Å²) >= 11 is 3.93. The third-order valence-electron chi connectivity index (χ3n) is 2.91. The molecule has 0 aliphatic rings. The Kier molecular flexibility index (Phi) is 3.87. The number of hydrogen-bond donors (Lipinski definition) is 2. The first-order valence-corrected chi connectivity index (χ1v) is 6.50. The molecule has 0 heterocycles. The van der Waals surface area contributed by atoms with Gasteiger partial charge in [0.1, 0.15) is 5.75 Å². The van der Waals surface area contributed by atoms with Gasteiger partial charge in [-0.15, -0.1) is 12.6 Å². The molecule has 1 rings (SSSR count). The monoisotopic (exact) mass is 266 g/mol. The summed E-state index contributed by atoms with van der Waals surface area (Å²) in [4.78, 5) is 11.7. The molecule has 0 fully saturated rings. The average Bonchev–Trinajstić information content (AvgIpc) is 2.12. The fraction of sp³-hybridized carbons (Fsp3) is 0.533. The smallest absolute Gasteiger partial charge is 0.216 e. The summed E-state index contributed by atoms with van der Waals surface area (Å²) in [6, 6.07) is 3.26. The molecule has 3 heteroatoms. The van der Waals surface area contributed by atoms with Crippen molar-refractivity contribution in [2.24, 2.45) is 0 Å². The van der Waals surface area contributed by atoms with Crippen LogP contribution in [-0.4, -0.2) is 10.2 Å². The van der Waals surface area contributed by atoms with Crippen LogP contribution in [-0.2, 0) is 10.8 Å². The SMILES string of the molecule is CC(C)(C)c1cc(O)cc(C(=O)S)c1C(C)(C)C. The second-order valence-electron chi connectivity index (χ2n) is 6.72. The normalized spacial score (nSPS) is 12.6. The standard InChI is InChI=1S/C15H22O2S/c1-14(2,3)11-8-9(16)7-10(13(17)18)12(11)15(4,5)6/h7-8,16H,1-6H3,(H,17,18). The minimum Gasteiger partial charge on any atom is -0.508 e. The molecule has 100 valence electrons. The molecule has 1 N–H and O–H groups in total. The molecule has 0 aromatic heterocycles. The molecule has 0 spiro atoms. The maximum absolute atomic E-state index is 11.7. The van der Waals surface area contributed by atoms with E-state index in [4.69, 9.17) is 0 Å². The average molecular weight is 266 g/mol. The Morgan fingerprint density at radius 1 is 1.06 bits per heavy atom. The summed E-state index contributed by atoms with van der Waals surface area (Å²) < 4.78 is 0. The van der Waals surface area contributed by atoms with Gasteiger partial charge in [-0.2, -0.15) is 0 Å². The highest BCUT2D eigenvalue weighted by atomic mass is 32.1. The van der Waals surface area contributed by atoms with Crippen LogP contribution in [0.15, 0.2) is 12.1 Å². The highest BCUT2D eigenvalue weighted by Crippen LogP contribution is 2.39. The lowest BCUT2D eigenvalue weighted by molar-refractivity contribution is 0.108. The van der Waals surface area contributed by atoms with Crippen molar-refractivity contribution in [1.29, 1.82) is 0 Å². The number of thiol groups is 1. The second-order valence-corrected chi connectivity index (χ2v) is 7.13. The van der Waals surface area contributed by atoms with Gasteiger partial charge in [-0.1, -0.05) is 41.5 Å². The van der Waals surface area contributed by atoms with Gasteiger partial charge < -0.3 is 5.11 Å². The number of hydrogen-bond acceptors (Lipinski definition) is 2. The van der Waals surface area contributed by atoms with Crippen LogP contribution in [0, 0.1) is 0 Å². The molecule has 1 aromatic carbocycles. The Hall–Kier alpha value is -0.960. The predicted molar refractivity (Wildman–Crippen MR) is 78.8 cm³/mol. The van der Waals surface area contributed by atoms with Crippen LogP contribution < -0.4 is 0 Å². The number of rotatable bonds is 1. The zero-order chi connectivity index (χ0) is 14.3. The van der Waals surface area contributed by atoms with Crippen LogP contribution >= 0.6 is 12.6 Å². The number of aromatic hydroxyl groups is 1.